The minimum atomic E-state index is -4.41. The van der Waals surface area contributed by atoms with Gasteiger partial charge in [0.2, 0.25) is 0 Å². The summed E-state index contributed by atoms with van der Waals surface area (Å²) in [4.78, 5) is 0. The maximum Gasteiger partial charge on any atom is 0.416 e. The molecule has 0 atom stereocenters. The van der Waals surface area contributed by atoms with E-state index in [-0.39, 0.29) is 5.57 Å². The first kappa shape index (κ1) is 25.2. The van der Waals surface area contributed by atoms with Crippen molar-refractivity contribution in [2.45, 2.75) is 79.8 Å². The van der Waals surface area contributed by atoms with Crippen LogP contribution in [0.15, 0.2) is 70.4 Å². The molecule has 0 bridgehead atoms. The minimum Gasteiger partial charge on any atom is -0.166 e. The number of rotatable bonds is 10. The second-order valence-electron chi connectivity index (χ2n) is 6.83. The molecule has 0 aliphatic rings. The molecule has 0 nitrogen and oxygen atoms in total. The molecule has 0 saturated carbocycles. The van der Waals surface area contributed by atoms with Gasteiger partial charge in [0.05, 0.1) is 5.57 Å². The van der Waals surface area contributed by atoms with E-state index < -0.39 is 11.7 Å². The molecule has 0 amide bonds. The van der Waals surface area contributed by atoms with Gasteiger partial charge in [0, 0.05) is 0 Å². The van der Waals surface area contributed by atoms with E-state index in [0.29, 0.717) is 24.0 Å². The van der Waals surface area contributed by atoms with Crippen molar-refractivity contribution in [3.8, 4) is 0 Å². The van der Waals surface area contributed by atoms with E-state index in [2.05, 4.69) is 13.5 Å². The van der Waals surface area contributed by atoms with Crippen LogP contribution in [0.25, 0.3) is 0 Å². The molecule has 0 aliphatic carbocycles. The molecular weight excluding hydrogens is 345 g/mol. The van der Waals surface area contributed by atoms with Crippen molar-refractivity contribution in [1.29, 1.82) is 0 Å². The SMILES string of the molecule is C=C\C=C(C)/C(=C(CCC)/C(=C/C=C(/C)CCC)C(/C)=C\CC)C(F)(F)F. The summed E-state index contributed by atoms with van der Waals surface area (Å²) in [5.74, 6) is 0. The highest BCUT2D eigenvalue weighted by Crippen LogP contribution is 2.39. The topological polar surface area (TPSA) is 0 Å². The van der Waals surface area contributed by atoms with Crippen molar-refractivity contribution in [3.05, 3.63) is 70.4 Å². The molecule has 152 valence electrons. The summed E-state index contributed by atoms with van der Waals surface area (Å²) in [6, 6.07) is 0. The third-order valence-corrected chi connectivity index (χ3v) is 4.29. The summed E-state index contributed by atoms with van der Waals surface area (Å²) < 4.78 is 42.0. The van der Waals surface area contributed by atoms with Crippen molar-refractivity contribution >= 4 is 0 Å². The Kier molecular flexibility index (Phi) is 11.8. The number of hydrogen-bond acceptors (Lipinski definition) is 0. The van der Waals surface area contributed by atoms with Crippen molar-refractivity contribution in [2.24, 2.45) is 0 Å². The maximum absolute atomic E-state index is 14.0. The number of allylic oxidation sites excluding steroid dienone is 11. The molecule has 27 heavy (non-hydrogen) atoms. The Balaban J connectivity index is 6.88. The monoisotopic (exact) mass is 380 g/mol. The molecule has 0 heterocycles. The van der Waals surface area contributed by atoms with Gasteiger partial charge in [-0.15, -0.1) is 0 Å². The normalized spacial score (nSPS) is 15.7. The molecule has 0 fully saturated rings. The average molecular weight is 381 g/mol. The van der Waals surface area contributed by atoms with Crippen LogP contribution in [0.3, 0.4) is 0 Å². The first-order valence-electron chi connectivity index (χ1n) is 9.78. The summed E-state index contributed by atoms with van der Waals surface area (Å²) in [5, 5.41) is 0. The van der Waals surface area contributed by atoms with Crippen molar-refractivity contribution < 1.29 is 13.2 Å². The van der Waals surface area contributed by atoms with Gasteiger partial charge in [0.25, 0.3) is 0 Å². The molecule has 0 spiro atoms. The molecule has 0 aromatic rings. The Morgan fingerprint density at radius 3 is 1.89 bits per heavy atom. The predicted octanol–water partition coefficient (Wildman–Crippen LogP) is 8.81. The lowest BCUT2D eigenvalue weighted by atomic mass is 9.87. The predicted molar refractivity (Wildman–Crippen MR) is 113 cm³/mol. The first-order chi connectivity index (χ1) is 12.6. The van der Waals surface area contributed by atoms with Crippen LogP contribution in [-0.4, -0.2) is 6.18 Å². The van der Waals surface area contributed by atoms with Crippen LogP contribution >= 0.6 is 0 Å². The standard InChI is InChI=1S/C24H35F3/c1-8-12-18(5)16-17-21(19(6)13-9-2)22(15-11-4)23(24(25,26)27)20(7)14-10-3/h10,13-14,16-17H,3,8-9,11-12,15H2,1-2,4-7H3/b18-16-,19-13-,20-14-,21-17+,23-22-. The van der Waals surface area contributed by atoms with Gasteiger partial charge in [-0.25, -0.2) is 0 Å². The van der Waals surface area contributed by atoms with Gasteiger partial charge < -0.3 is 0 Å². The van der Waals surface area contributed by atoms with E-state index in [9.17, 15) is 13.2 Å². The largest absolute Gasteiger partial charge is 0.416 e. The smallest absolute Gasteiger partial charge is 0.166 e. The van der Waals surface area contributed by atoms with Crippen molar-refractivity contribution in [2.75, 3.05) is 0 Å². The molecule has 0 N–H and O–H groups in total. The number of hydrogen-bond donors (Lipinski definition) is 0. The summed E-state index contributed by atoms with van der Waals surface area (Å²) >= 11 is 0. The Hall–Kier alpha value is -1.77. The summed E-state index contributed by atoms with van der Waals surface area (Å²) in [7, 11) is 0. The van der Waals surface area contributed by atoms with E-state index in [1.54, 1.807) is 0 Å². The van der Waals surface area contributed by atoms with Crippen LogP contribution < -0.4 is 0 Å². The zero-order valence-electron chi connectivity index (χ0n) is 17.8. The van der Waals surface area contributed by atoms with E-state index in [4.69, 9.17) is 0 Å². The fourth-order valence-corrected chi connectivity index (χ4v) is 3.13. The van der Waals surface area contributed by atoms with Crippen LogP contribution in [0.5, 0.6) is 0 Å². The Labute approximate surface area is 163 Å². The molecular formula is C24H35F3. The zero-order valence-corrected chi connectivity index (χ0v) is 17.8. The first-order valence-corrected chi connectivity index (χ1v) is 9.78. The van der Waals surface area contributed by atoms with Gasteiger partial charge in [-0.3, -0.25) is 0 Å². The highest BCUT2D eigenvalue weighted by molar-refractivity contribution is 5.55. The Morgan fingerprint density at radius 2 is 1.44 bits per heavy atom. The van der Waals surface area contributed by atoms with Gasteiger partial charge in [-0.2, -0.15) is 13.2 Å². The van der Waals surface area contributed by atoms with Crippen LogP contribution in [-0.2, 0) is 0 Å². The maximum atomic E-state index is 14.0. The molecule has 0 aliphatic heterocycles. The summed E-state index contributed by atoms with van der Waals surface area (Å²) in [6.07, 6.45) is 8.00. The van der Waals surface area contributed by atoms with Crippen molar-refractivity contribution in [3.63, 3.8) is 0 Å². The van der Waals surface area contributed by atoms with E-state index in [1.807, 2.05) is 45.9 Å². The second kappa shape index (κ2) is 12.6. The van der Waals surface area contributed by atoms with Crippen molar-refractivity contribution in [1.82, 2.24) is 0 Å². The third kappa shape index (κ3) is 8.64. The van der Waals surface area contributed by atoms with Crippen LogP contribution in [0.4, 0.5) is 13.2 Å². The van der Waals surface area contributed by atoms with Crippen LogP contribution in [0.1, 0.15) is 73.6 Å². The summed E-state index contributed by atoms with van der Waals surface area (Å²) in [6.45, 7) is 15.0. The number of halogens is 3. The van der Waals surface area contributed by atoms with Crippen LogP contribution in [0, 0.1) is 0 Å². The fraction of sp³-hybridized carbons (Fsp3) is 0.500. The number of alkyl halides is 3. The van der Waals surface area contributed by atoms with Gasteiger partial charge in [0.1, 0.15) is 0 Å². The average Bonchev–Trinajstić information content (AvgIpc) is 2.54. The summed E-state index contributed by atoms with van der Waals surface area (Å²) in [5.41, 5.74) is 2.75. The molecule has 0 aromatic heterocycles. The lowest BCUT2D eigenvalue weighted by molar-refractivity contribution is -0.0901. The molecule has 0 rings (SSSR count). The zero-order chi connectivity index (χ0) is 21.0. The van der Waals surface area contributed by atoms with Crippen LogP contribution in [0.2, 0.25) is 0 Å². The van der Waals surface area contributed by atoms with Gasteiger partial charge in [-0.05, 0) is 62.3 Å². The van der Waals surface area contributed by atoms with Gasteiger partial charge in [0.15, 0.2) is 0 Å². The van der Waals surface area contributed by atoms with E-state index in [1.165, 1.54) is 24.6 Å². The highest BCUT2D eigenvalue weighted by Gasteiger charge is 2.37. The van der Waals surface area contributed by atoms with E-state index in [0.717, 1.165) is 24.8 Å². The quantitative estimate of drug-likeness (QED) is 0.332. The lowest BCUT2D eigenvalue weighted by Gasteiger charge is -2.21. The van der Waals surface area contributed by atoms with Gasteiger partial charge >= 0.3 is 6.18 Å². The fourth-order valence-electron chi connectivity index (χ4n) is 3.13. The molecule has 0 saturated heterocycles. The Bertz CT molecular complexity index is 635. The van der Waals surface area contributed by atoms with E-state index >= 15 is 0 Å². The highest BCUT2D eigenvalue weighted by atomic mass is 19.4. The van der Waals surface area contributed by atoms with Gasteiger partial charge in [-0.1, -0.05) is 76.1 Å². The molecule has 0 aromatic carbocycles. The third-order valence-electron chi connectivity index (χ3n) is 4.29. The second-order valence-corrected chi connectivity index (χ2v) is 6.83. The lowest BCUT2D eigenvalue weighted by Crippen LogP contribution is -2.17. The molecule has 3 heteroatoms. The minimum absolute atomic E-state index is 0.199. The molecule has 0 unspecified atom stereocenters. The molecule has 0 radical (unpaired) electrons. The Morgan fingerprint density at radius 1 is 0.852 bits per heavy atom.